The Morgan fingerprint density at radius 2 is 1.46 bits per heavy atom. The number of carbonyl (C=O) groups is 3. The summed E-state index contributed by atoms with van der Waals surface area (Å²) in [7, 11) is 0. The van der Waals surface area contributed by atoms with Gasteiger partial charge in [-0.05, 0) is 41.0 Å². The fraction of sp³-hybridized carbons (Fsp3) is 0.275. The minimum absolute atomic E-state index is 0.0913. The van der Waals surface area contributed by atoms with Gasteiger partial charge in [0.15, 0.2) is 0 Å². The van der Waals surface area contributed by atoms with E-state index in [0.29, 0.717) is 19.6 Å². The fourth-order valence-corrected chi connectivity index (χ4v) is 10.5. The maximum Gasteiger partial charge on any atom is 0.251 e. The molecule has 4 aromatic carbocycles. The Hall–Kier alpha value is -4.66. The zero-order chi connectivity index (χ0) is 33.0. The van der Waals surface area contributed by atoms with Gasteiger partial charge in [-0.3, -0.25) is 14.4 Å². The molecule has 4 aliphatic heterocycles. The molecule has 3 amide bonds. The maximum atomic E-state index is 15.2. The molecule has 1 unspecified atom stereocenters. The summed E-state index contributed by atoms with van der Waals surface area (Å²) in [5.74, 6) is -2.09. The van der Waals surface area contributed by atoms with Crippen molar-refractivity contribution < 1.29 is 19.5 Å². The minimum atomic E-state index is -1.03. The summed E-state index contributed by atoms with van der Waals surface area (Å²) in [5, 5.41) is 13.0. The van der Waals surface area contributed by atoms with Crippen LogP contribution < -0.4 is 4.90 Å². The Morgan fingerprint density at radius 1 is 0.771 bits per heavy atom. The number of hydrogen-bond acceptors (Lipinski definition) is 5. The second-order valence-corrected chi connectivity index (χ2v) is 15.1. The van der Waals surface area contributed by atoms with Gasteiger partial charge in [0.1, 0.15) is 6.04 Å². The van der Waals surface area contributed by atoms with Gasteiger partial charge in [-0.25, -0.2) is 0 Å². The van der Waals surface area contributed by atoms with Gasteiger partial charge in [0.2, 0.25) is 11.8 Å². The number of carbonyl (C=O) groups excluding carboxylic acids is 3. The van der Waals surface area contributed by atoms with Crippen molar-refractivity contribution in [2.24, 2.45) is 11.8 Å². The zero-order valence-corrected chi connectivity index (χ0v) is 27.5. The van der Waals surface area contributed by atoms with Crippen LogP contribution in [0, 0.1) is 11.8 Å². The van der Waals surface area contributed by atoms with Crippen molar-refractivity contribution in [3.8, 4) is 0 Å². The minimum Gasteiger partial charge on any atom is -0.394 e. The molecule has 7 nitrogen and oxygen atoms in total. The van der Waals surface area contributed by atoms with Gasteiger partial charge in [0.05, 0.1) is 29.2 Å². The third-order valence-corrected chi connectivity index (χ3v) is 12.3. The molecule has 8 rings (SSSR count). The third kappa shape index (κ3) is 4.72. The second-order valence-electron chi connectivity index (χ2n) is 13.3. The van der Waals surface area contributed by atoms with Crippen molar-refractivity contribution in [3.63, 3.8) is 0 Å². The molecule has 4 aliphatic rings. The predicted octanol–water partition coefficient (Wildman–Crippen LogP) is 5.76. The van der Waals surface area contributed by atoms with Gasteiger partial charge < -0.3 is 19.8 Å². The molecule has 6 atom stereocenters. The van der Waals surface area contributed by atoms with E-state index in [9.17, 15) is 9.90 Å². The highest BCUT2D eigenvalue weighted by atomic mass is 32.2. The molecule has 0 saturated carbocycles. The van der Waals surface area contributed by atoms with Crippen LogP contribution in [0.25, 0.3) is 10.8 Å². The van der Waals surface area contributed by atoms with Crippen molar-refractivity contribution in [1.82, 2.24) is 9.80 Å². The molecule has 0 aliphatic carbocycles. The molecule has 8 heteroatoms. The Morgan fingerprint density at radius 3 is 2.21 bits per heavy atom. The number of likely N-dealkylation sites (tertiary alicyclic amines) is 1. The van der Waals surface area contributed by atoms with Gasteiger partial charge in [-0.15, -0.1) is 11.8 Å². The standard InChI is InChI=1S/C40H37N3O4S/c1-39-20-10-22-41(25-27-12-4-2-5-13-27)36(45)33(39)34-37(46)43(32(26-44)29-15-6-3-7-16-29)35-38(47)42(23-11-21-40(34,35)48-39)31-19-18-28-14-8-9-17-30(28)24-31/h2-21,24,32-35,44H,22-23,25-26H2,1H3/t32-,33+,34+,35?,39-,40+/m1/s1. The zero-order valence-electron chi connectivity index (χ0n) is 26.7. The number of aliphatic hydroxyl groups is 1. The van der Waals surface area contributed by atoms with Gasteiger partial charge in [0, 0.05) is 30.1 Å². The highest BCUT2D eigenvalue weighted by Gasteiger charge is 2.74. The summed E-state index contributed by atoms with van der Waals surface area (Å²) in [6.45, 7) is 2.87. The number of nitrogens with zero attached hydrogens (tertiary/aromatic N) is 3. The first kappa shape index (κ1) is 30.7. The number of hydrogen-bond donors (Lipinski definition) is 1. The van der Waals surface area contributed by atoms with E-state index >= 15 is 9.59 Å². The fourth-order valence-electron chi connectivity index (χ4n) is 8.40. The molecule has 242 valence electrons. The normalized spacial score (nSPS) is 28.7. The van der Waals surface area contributed by atoms with Gasteiger partial charge in [0.25, 0.3) is 5.91 Å². The summed E-state index contributed by atoms with van der Waals surface area (Å²) in [6.07, 6.45) is 8.14. The molecular formula is C40H37N3O4S. The molecule has 48 heavy (non-hydrogen) atoms. The lowest BCUT2D eigenvalue weighted by Crippen LogP contribution is -2.54. The summed E-state index contributed by atoms with van der Waals surface area (Å²) in [6, 6.07) is 31.6. The molecule has 0 radical (unpaired) electrons. The van der Waals surface area contributed by atoms with Crippen LogP contribution in [-0.2, 0) is 20.9 Å². The van der Waals surface area contributed by atoms with Crippen LogP contribution in [0.2, 0.25) is 0 Å². The number of rotatable bonds is 6. The molecule has 2 fully saturated rings. The Bertz CT molecular complexity index is 1970. The van der Waals surface area contributed by atoms with Crippen LogP contribution >= 0.6 is 11.8 Å². The first-order valence-electron chi connectivity index (χ1n) is 16.5. The first-order chi connectivity index (χ1) is 23.3. The van der Waals surface area contributed by atoms with Gasteiger partial charge >= 0.3 is 0 Å². The number of aliphatic hydroxyl groups excluding tert-OH is 1. The third-order valence-electron chi connectivity index (χ3n) is 10.5. The lowest BCUT2D eigenvalue weighted by molar-refractivity contribution is -0.145. The molecule has 1 spiro atoms. The predicted molar refractivity (Wildman–Crippen MR) is 189 cm³/mol. The van der Waals surface area contributed by atoms with Crippen molar-refractivity contribution in [2.75, 3.05) is 24.6 Å². The van der Waals surface area contributed by atoms with E-state index in [1.165, 1.54) is 0 Å². The average Bonchev–Trinajstić information content (AvgIpc) is 3.38. The Balaban J connectivity index is 1.26. The summed E-state index contributed by atoms with van der Waals surface area (Å²) in [4.78, 5) is 50.2. The average molecular weight is 656 g/mol. The van der Waals surface area contributed by atoms with E-state index in [1.807, 2.05) is 133 Å². The molecule has 4 heterocycles. The first-order valence-corrected chi connectivity index (χ1v) is 17.3. The van der Waals surface area contributed by atoms with Crippen molar-refractivity contribution in [3.05, 3.63) is 139 Å². The number of amides is 3. The van der Waals surface area contributed by atoms with E-state index in [-0.39, 0.29) is 24.3 Å². The van der Waals surface area contributed by atoms with Crippen LogP contribution in [0.1, 0.15) is 24.1 Å². The van der Waals surface area contributed by atoms with E-state index in [1.54, 1.807) is 21.6 Å². The number of fused-ring (bicyclic) bond motifs is 3. The monoisotopic (exact) mass is 655 g/mol. The molecule has 1 N–H and O–H groups in total. The largest absolute Gasteiger partial charge is 0.394 e. The lowest BCUT2D eigenvalue weighted by atomic mass is 9.74. The van der Waals surface area contributed by atoms with Crippen LogP contribution in [-0.4, -0.2) is 67.9 Å². The number of anilines is 1. The van der Waals surface area contributed by atoms with Crippen molar-refractivity contribution >= 4 is 45.9 Å². The Kier molecular flexibility index (Phi) is 7.53. The van der Waals surface area contributed by atoms with Crippen LogP contribution in [0.4, 0.5) is 5.69 Å². The molecule has 4 aromatic rings. The number of thioether (sulfide) groups is 1. The van der Waals surface area contributed by atoms with Crippen LogP contribution in [0.3, 0.4) is 0 Å². The summed E-state index contributed by atoms with van der Waals surface area (Å²) >= 11 is 1.56. The summed E-state index contributed by atoms with van der Waals surface area (Å²) in [5.41, 5.74) is 2.50. The van der Waals surface area contributed by atoms with E-state index in [4.69, 9.17) is 0 Å². The topological polar surface area (TPSA) is 81.2 Å². The Labute approximate surface area is 284 Å². The van der Waals surface area contributed by atoms with Crippen molar-refractivity contribution in [2.45, 2.75) is 35.0 Å². The molecule has 0 bridgehead atoms. The number of benzene rings is 4. The van der Waals surface area contributed by atoms with Crippen LogP contribution in [0.15, 0.2) is 127 Å². The van der Waals surface area contributed by atoms with Crippen molar-refractivity contribution in [1.29, 1.82) is 0 Å². The maximum absolute atomic E-state index is 15.2. The SMILES string of the molecule is C[C@@]12C=CCN(Cc3ccccc3)C(=O)[C@@H]1[C@H]1C(=O)N([C@H](CO)c3ccccc3)C3C(=O)N(c4ccc5ccccc5c4)CC=C[C@@]31S2. The highest BCUT2D eigenvalue weighted by Crippen LogP contribution is 2.66. The second kappa shape index (κ2) is 11.8. The van der Waals surface area contributed by atoms with Gasteiger partial charge in [-0.1, -0.05) is 115 Å². The van der Waals surface area contributed by atoms with E-state index < -0.39 is 33.4 Å². The smallest absolute Gasteiger partial charge is 0.251 e. The highest BCUT2D eigenvalue weighted by molar-refractivity contribution is 8.02. The lowest BCUT2D eigenvalue weighted by Gasteiger charge is -2.40. The summed E-state index contributed by atoms with van der Waals surface area (Å²) < 4.78 is -1.76. The van der Waals surface area contributed by atoms with E-state index in [2.05, 4.69) is 6.08 Å². The van der Waals surface area contributed by atoms with Gasteiger partial charge in [-0.2, -0.15) is 0 Å². The molecular weight excluding hydrogens is 619 g/mol. The quantitative estimate of drug-likeness (QED) is 0.267. The molecule has 0 aromatic heterocycles. The molecule has 2 saturated heterocycles. The van der Waals surface area contributed by atoms with E-state index in [0.717, 1.165) is 27.6 Å². The van der Waals surface area contributed by atoms with Crippen LogP contribution in [0.5, 0.6) is 0 Å².